The van der Waals surface area contributed by atoms with E-state index in [4.69, 9.17) is 16.3 Å². The van der Waals surface area contributed by atoms with Gasteiger partial charge in [-0.3, -0.25) is 14.9 Å². The summed E-state index contributed by atoms with van der Waals surface area (Å²) in [5.41, 5.74) is -1.13. The molecule has 1 amide bonds. The fourth-order valence-corrected chi connectivity index (χ4v) is 2.66. The molecule has 0 fully saturated rings. The maximum atomic E-state index is 13.0. The van der Waals surface area contributed by atoms with Crippen LogP contribution in [0.2, 0.25) is 5.02 Å². The average molecular weight is 461 g/mol. The number of anilines is 1. The lowest BCUT2D eigenvalue weighted by Gasteiger charge is -2.16. The molecule has 1 aromatic carbocycles. The molecule has 1 N–H and O–H groups in total. The zero-order chi connectivity index (χ0) is 23.2. The molecule has 2 aromatic rings. The highest BCUT2D eigenvalue weighted by molar-refractivity contribution is 6.33. The van der Waals surface area contributed by atoms with Gasteiger partial charge >= 0.3 is 6.18 Å². The van der Waals surface area contributed by atoms with E-state index in [1.54, 1.807) is 14.1 Å². The first kappa shape index (κ1) is 24.2. The van der Waals surface area contributed by atoms with Crippen LogP contribution in [0.25, 0.3) is 0 Å². The van der Waals surface area contributed by atoms with Crippen molar-refractivity contribution in [3.63, 3.8) is 0 Å². The average Bonchev–Trinajstić information content (AvgIpc) is 2.69. The van der Waals surface area contributed by atoms with Crippen LogP contribution in [-0.4, -0.2) is 43.1 Å². The third-order valence-corrected chi connectivity index (χ3v) is 4.42. The van der Waals surface area contributed by atoms with Crippen molar-refractivity contribution in [2.75, 3.05) is 32.1 Å². The van der Waals surface area contributed by atoms with E-state index in [-0.39, 0.29) is 41.1 Å². The van der Waals surface area contributed by atoms with Crippen molar-refractivity contribution in [2.24, 2.45) is 0 Å². The van der Waals surface area contributed by atoms with E-state index >= 15 is 0 Å². The van der Waals surface area contributed by atoms with E-state index in [9.17, 15) is 28.1 Å². The van der Waals surface area contributed by atoms with Gasteiger partial charge < -0.3 is 15.0 Å². The number of benzene rings is 1. The van der Waals surface area contributed by atoms with E-state index < -0.39 is 22.6 Å². The van der Waals surface area contributed by atoms with Crippen LogP contribution in [0.1, 0.15) is 28.8 Å². The molecule has 0 spiro atoms. The highest BCUT2D eigenvalue weighted by atomic mass is 35.5. The standard InChI is InChI=1S/C19H20ClF3N4O4/c1-26(2)16-9-12(19(21,22)23)10-17(25-16)31-8-4-3-7-24-18(28)14-11-13(27(29)30)5-6-15(14)20/h5-6,9-11H,3-4,7-8H2,1-2H3,(H,24,28). The van der Waals surface area contributed by atoms with Gasteiger partial charge in [0.25, 0.3) is 11.6 Å². The number of pyridine rings is 1. The molecule has 168 valence electrons. The molecule has 0 atom stereocenters. The van der Waals surface area contributed by atoms with Crippen LogP contribution in [0, 0.1) is 10.1 Å². The van der Waals surface area contributed by atoms with Gasteiger partial charge in [0.05, 0.1) is 27.7 Å². The van der Waals surface area contributed by atoms with Crippen molar-refractivity contribution in [1.29, 1.82) is 0 Å². The number of hydrogen-bond acceptors (Lipinski definition) is 6. The second kappa shape index (κ2) is 10.3. The monoisotopic (exact) mass is 460 g/mol. The Kier molecular flexibility index (Phi) is 8.03. The van der Waals surface area contributed by atoms with Crippen LogP contribution in [0.5, 0.6) is 5.88 Å². The predicted molar refractivity (Wildman–Crippen MR) is 109 cm³/mol. The van der Waals surface area contributed by atoms with Crippen LogP contribution < -0.4 is 15.0 Å². The molecular weight excluding hydrogens is 441 g/mol. The summed E-state index contributed by atoms with van der Waals surface area (Å²) in [5, 5.41) is 13.5. The van der Waals surface area contributed by atoms with Gasteiger partial charge in [0.1, 0.15) is 5.82 Å². The normalized spacial score (nSPS) is 11.2. The van der Waals surface area contributed by atoms with E-state index in [0.29, 0.717) is 12.8 Å². The fraction of sp³-hybridized carbons (Fsp3) is 0.368. The summed E-state index contributed by atoms with van der Waals surface area (Å²) >= 11 is 5.91. The number of amides is 1. The molecule has 0 aliphatic rings. The summed E-state index contributed by atoms with van der Waals surface area (Å²) < 4.78 is 44.4. The van der Waals surface area contributed by atoms with Gasteiger partial charge in [-0.1, -0.05) is 11.6 Å². The lowest BCUT2D eigenvalue weighted by Crippen LogP contribution is -2.25. The Morgan fingerprint density at radius 2 is 1.97 bits per heavy atom. The summed E-state index contributed by atoms with van der Waals surface area (Å²) in [7, 11) is 3.14. The summed E-state index contributed by atoms with van der Waals surface area (Å²) in [5.74, 6) is -0.596. The van der Waals surface area contributed by atoms with Gasteiger partial charge in [-0.15, -0.1) is 0 Å². The maximum Gasteiger partial charge on any atom is 0.416 e. The number of non-ortho nitro benzene ring substituents is 1. The molecule has 0 saturated heterocycles. The molecule has 0 aliphatic heterocycles. The van der Waals surface area contributed by atoms with Gasteiger partial charge in [0.15, 0.2) is 0 Å². The number of alkyl halides is 3. The Morgan fingerprint density at radius 3 is 2.58 bits per heavy atom. The summed E-state index contributed by atoms with van der Waals surface area (Å²) in [6.07, 6.45) is -3.64. The maximum absolute atomic E-state index is 13.0. The zero-order valence-corrected chi connectivity index (χ0v) is 17.5. The second-order valence-electron chi connectivity index (χ2n) is 6.68. The number of unbranched alkanes of at least 4 members (excludes halogenated alkanes) is 1. The molecule has 31 heavy (non-hydrogen) atoms. The van der Waals surface area contributed by atoms with E-state index in [1.807, 2.05) is 0 Å². The van der Waals surface area contributed by atoms with Gasteiger partial charge in [0.2, 0.25) is 5.88 Å². The Balaban J connectivity index is 1.85. The quantitative estimate of drug-likeness (QED) is 0.340. The molecule has 2 rings (SSSR count). The van der Waals surface area contributed by atoms with Gasteiger partial charge in [-0.2, -0.15) is 18.2 Å². The van der Waals surface area contributed by atoms with Crippen molar-refractivity contribution >= 4 is 29.0 Å². The van der Waals surface area contributed by atoms with Crippen molar-refractivity contribution in [3.05, 3.63) is 56.6 Å². The SMILES string of the molecule is CN(C)c1cc(C(F)(F)F)cc(OCCCCNC(=O)c2cc([N+](=O)[O-])ccc2Cl)n1. The Bertz CT molecular complexity index is 954. The highest BCUT2D eigenvalue weighted by Crippen LogP contribution is 2.33. The molecule has 0 aliphatic carbocycles. The third kappa shape index (κ3) is 6.99. The zero-order valence-electron chi connectivity index (χ0n) is 16.7. The molecule has 1 aromatic heterocycles. The van der Waals surface area contributed by atoms with Crippen molar-refractivity contribution in [2.45, 2.75) is 19.0 Å². The van der Waals surface area contributed by atoms with Gasteiger partial charge in [0, 0.05) is 38.8 Å². The smallest absolute Gasteiger partial charge is 0.416 e. The largest absolute Gasteiger partial charge is 0.478 e. The second-order valence-corrected chi connectivity index (χ2v) is 7.08. The molecule has 0 bridgehead atoms. The Hall–Kier alpha value is -3.08. The number of rotatable bonds is 9. The third-order valence-electron chi connectivity index (χ3n) is 4.09. The molecule has 0 radical (unpaired) electrons. The molecule has 0 saturated carbocycles. The van der Waals surface area contributed by atoms with Gasteiger partial charge in [-0.25, -0.2) is 0 Å². The minimum absolute atomic E-state index is 0.0171. The van der Waals surface area contributed by atoms with Crippen molar-refractivity contribution in [1.82, 2.24) is 10.3 Å². The van der Waals surface area contributed by atoms with Crippen LogP contribution in [-0.2, 0) is 6.18 Å². The Morgan fingerprint density at radius 1 is 1.26 bits per heavy atom. The van der Waals surface area contributed by atoms with E-state index in [0.717, 1.165) is 18.2 Å². The van der Waals surface area contributed by atoms with Crippen molar-refractivity contribution in [3.8, 4) is 5.88 Å². The number of halogens is 4. The number of carbonyl (C=O) groups excluding carboxylic acids is 1. The summed E-state index contributed by atoms with van der Waals surface area (Å²) in [6, 6.07) is 5.31. The molecule has 0 unspecified atom stereocenters. The van der Waals surface area contributed by atoms with Gasteiger partial charge in [-0.05, 0) is 25.0 Å². The Labute approximate surface area is 181 Å². The molecular formula is C19H20ClF3N4O4. The first-order valence-electron chi connectivity index (χ1n) is 9.10. The summed E-state index contributed by atoms with van der Waals surface area (Å²) in [4.78, 5) is 27.8. The lowest BCUT2D eigenvalue weighted by atomic mass is 10.2. The molecule has 1 heterocycles. The minimum atomic E-state index is -4.52. The van der Waals surface area contributed by atoms with Crippen molar-refractivity contribution < 1.29 is 27.6 Å². The van der Waals surface area contributed by atoms with E-state index in [1.165, 1.54) is 17.0 Å². The first-order valence-corrected chi connectivity index (χ1v) is 9.48. The fourth-order valence-electron chi connectivity index (χ4n) is 2.46. The number of nitrogens with zero attached hydrogens (tertiary/aromatic N) is 3. The lowest BCUT2D eigenvalue weighted by molar-refractivity contribution is -0.384. The number of carbonyl (C=O) groups is 1. The number of aromatic nitrogens is 1. The summed E-state index contributed by atoms with van der Waals surface area (Å²) in [6.45, 7) is 0.314. The number of nitro benzene ring substituents is 1. The highest BCUT2D eigenvalue weighted by Gasteiger charge is 2.32. The molecule has 12 heteroatoms. The first-order chi connectivity index (χ1) is 14.5. The molecule has 8 nitrogen and oxygen atoms in total. The number of ether oxygens (including phenoxy) is 1. The number of nitrogens with one attached hydrogen (secondary N) is 1. The predicted octanol–water partition coefficient (Wildman–Crippen LogP) is 4.32. The number of hydrogen-bond donors (Lipinski definition) is 1. The van der Waals surface area contributed by atoms with Crippen LogP contribution in [0.4, 0.5) is 24.7 Å². The topological polar surface area (TPSA) is 97.6 Å². The van der Waals surface area contributed by atoms with Crippen LogP contribution >= 0.6 is 11.6 Å². The van der Waals surface area contributed by atoms with E-state index in [2.05, 4.69) is 10.3 Å². The van der Waals surface area contributed by atoms with Crippen LogP contribution in [0.3, 0.4) is 0 Å². The van der Waals surface area contributed by atoms with Crippen LogP contribution in [0.15, 0.2) is 30.3 Å². The number of nitro groups is 1. The minimum Gasteiger partial charge on any atom is -0.478 e.